The third-order valence-corrected chi connectivity index (χ3v) is 5.00. The van der Waals surface area contributed by atoms with Crippen LogP contribution in [0, 0.1) is 0 Å². The van der Waals surface area contributed by atoms with Gasteiger partial charge in [0.1, 0.15) is 5.58 Å². The van der Waals surface area contributed by atoms with Crippen LogP contribution in [0.2, 0.25) is 0 Å². The Hall–Kier alpha value is -3.00. The number of fused-ring (bicyclic) bond motifs is 4. The van der Waals surface area contributed by atoms with Crippen molar-refractivity contribution in [3.63, 3.8) is 0 Å². The smallest absolute Gasteiger partial charge is 0.134 e. The van der Waals surface area contributed by atoms with Gasteiger partial charge in [-0.05, 0) is 42.7 Å². The molecule has 2 aromatic heterocycles. The molecular formula is C25H25NO. The molecule has 3 aromatic carbocycles. The number of aryl methyl sites for hydroxylation is 1. The molecule has 0 radical (unpaired) electrons. The minimum atomic E-state index is 1.01. The number of rotatable bonds is 4. The maximum atomic E-state index is 5.36. The van der Waals surface area contributed by atoms with Crippen molar-refractivity contribution < 1.29 is 4.42 Å². The molecule has 136 valence electrons. The molecule has 0 aliphatic carbocycles. The van der Waals surface area contributed by atoms with E-state index in [0.717, 1.165) is 5.58 Å². The summed E-state index contributed by atoms with van der Waals surface area (Å²) in [7, 11) is 0. The standard InChI is InChI=1S/C13H16O.C12H9N/c1-2-3-4-5-11-6-7-12-8-9-14-13(12)10-11;1-3-7-11-9(5-1)10-6-2-4-8-12(10)13-11/h6-10H,2-5H2,1H3;1-8,13H. The predicted octanol–water partition coefficient (Wildman–Crippen LogP) is 7.49. The third kappa shape index (κ3) is 3.90. The maximum Gasteiger partial charge on any atom is 0.134 e. The van der Waals surface area contributed by atoms with E-state index in [-0.39, 0.29) is 0 Å². The van der Waals surface area contributed by atoms with E-state index in [2.05, 4.69) is 78.6 Å². The van der Waals surface area contributed by atoms with E-state index in [1.807, 2.05) is 6.07 Å². The predicted molar refractivity (Wildman–Crippen MR) is 115 cm³/mol. The van der Waals surface area contributed by atoms with Gasteiger partial charge in [0, 0.05) is 27.2 Å². The number of furan rings is 1. The first kappa shape index (κ1) is 17.4. The summed E-state index contributed by atoms with van der Waals surface area (Å²) >= 11 is 0. The average Bonchev–Trinajstić information content (AvgIpc) is 3.32. The van der Waals surface area contributed by atoms with Gasteiger partial charge in [-0.15, -0.1) is 0 Å². The molecule has 0 saturated heterocycles. The van der Waals surface area contributed by atoms with Gasteiger partial charge in [0.15, 0.2) is 0 Å². The molecule has 5 aromatic rings. The minimum absolute atomic E-state index is 1.01. The van der Waals surface area contributed by atoms with E-state index in [1.165, 1.54) is 58.4 Å². The molecule has 0 atom stereocenters. The summed E-state index contributed by atoms with van der Waals surface area (Å²) in [5, 5.41) is 3.81. The van der Waals surface area contributed by atoms with Gasteiger partial charge in [-0.2, -0.15) is 0 Å². The van der Waals surface area contributed by atoms with Crippen LogP contribution in [0.1, 0.15) is 31.7 Å². The quantitative estimate of drug-likeness (QED) is 0.332. The van der Waals surface area contributed by atoms with Crippen LogP contribution in [0.4, 0.5) is 0 Å². The Kier molecular flexibility index (Phi) is 5.24. The zero-order valence-corrected chi connectivity index (χ0v) is 15.7. The highest BCUT2D eigenvalue weighted by atomic mass is 16.3. The number of benzene rings is 3. The highest BCUT2D eigenvalue weighted by Crippen LogP contribution is 2.24. The molecule has 0 amide bonds. The maximum absolute atomic E-state index is 5.36. The summed E-state index contributed by atoms with van der Waals surface area (Å²) in [5.74, 6) is 0. The van der Waals surface area contributed by atoms with Crippen LogP contribution >= 0.6 is 0 Å². The second-order valence-electron chi connectivity index (χ2n) is 6.97. The molecule has 0 aliphatic heterocycles. The number of unbranched alkanes of at least 4 members (excludes halogenated alkanes) is 2. The average molecular weight is 355 g/mol. The Morgan fingerprint density at radius 2 is 1.48 bits per heavy atom. The number of hydrogen-bond acceptors (Lipinski definition) is 1. The summed E-state index contributed by atoms with van der Waals surface area (Å²) < 4.78 is 5.36. The monoisotopic (exact) mass is 355 g/mol. The van der Waals surface area contributed by atoms with Gasteiger partial charge in [0.25, 0.3) is 0 Å². The van der Waals surface area contributed by atoms with Gasteiger partial charge < -0.3 is 9.40 Å². The van der Waals surface area contributed by atoms with Crippen molar-refractivity contribution in [1.29, 1.82) is 0 Å². The van der Waals surface area contributed by atoms with E-state index in [4.69, 9.17) is 4.42 Å². The Labute approximate surface area is 159 Å². The van der Waals surface area contributed by atoms with Crippen LogP contribution < -0.4 is 0 Å². The minimum Gasteiger partial charge on any atom is -0.464 e. The normalized spacial score (nSPS) is 11.0. The molecule has 0 unspecified atom stereocenters. The highest BCUT2D eigenvalue weighted by molar-refractivity contribution is 6.06. The van der Waals surface area contributed by atoms with Gasteiger partial charge in [0.05, 0.1) is 6.26 Å². The van der Waals surface area contributed by atoms with E-state index in [1.54, 1.807) is 6.26 Å². The summed E-state index contributed by atoms with van der Waals surface area (Å²) in [6.07, 6.45) is 6.80. The lowest BCUT2D eigenvalue weighted by Crippen LogP contribution is -1.84. The first-order valence-corrected chi connectivity index (χ1v) is 9.77. The number of H-pyrrole nitrogens is 1. The van der Waals surface area contributed by atoms with Crippen LogP contribution in [0.5, 0.6) is 0 Å². The number of nitrogens with one attached hydrogen (secondary N) is 1. The van der Waals surface area contributed by atoms with E-state index < -0.39 is 0 Å². The van der Waals surface area contributed by atoms with Crippen molar-refractivity contribution in [3.05, 3.63) is 84.6 Å². The molecule has 2 heteroatoms. The zero-order valence-electron chi connectivity index (χ0n) is 15.7. The van der Waals surface area contributed by atoms with E-state index >= 15 is 0 Å². The summed E-state index contributed by atoms with van der Waals surface area (Å²) in [5.41, 5.74) is 4.83. The van der Waals surface area contributed by atoms with Crippen molar-refractivity contribution in [1.82, 2.24) is 4.98 Å². The Balaban J connectivity index is 0.000000134. The summed E-state index contributed by atoms with van der Waals surface area (Å²) in [6.45, 7) is 2.23. The lowest BCUT2D eigenvalue weighted by Gasteiger charge is -1.99. The van der Waals surface area contributed by atoms with Crippen LogP contribution in [-0.2, 0) is 6.42 Å². The second kappa shape index (κ2) is 8.13. The summed E-state index contributed by atoms with van der Waals surface area (Å²) in [6, 6.07) is 25.3. The first-order valence-electron chi connectivity index (χ1n) is 9.77. The Bertz CT molecular complexity index is 1100. The molecule has 0 spiro atoms. The van der Waals surface area contributed by atoms with E-state index in [0.29, 0.717) is 0 Å². The molecular weight excluding hydrogens is 330 g/mol. The number of aromatic nitrogens is 1. The largest absolute Gasteiger partial charge is 0.464 e. The van der Waals surface area contributed by atoms with E-state index in [9.17, 15) is 0 Å². The fraction of sp³-hybridized carbons (Fsp3) is 0.200. The lowest BCUT2D eigenvalue weighted by molar-refractivity contribution is 0.615. The number of hydrogen-bond donors (Lipinski definition) is 1. The van der Waals surface area contributed by atoms with Crippen molar-refractivity contribution in [2.75, 3.05) is 0 Å². The van der Waals surface area contributed by atoms with Gasteiger partial charge >= 0.3 is 0 Å². The topological polar surface area (TPSA) is 28.9 Å². The van der Waals surface area contributed by atoms with Crippen molar-refractivity contribution in [3.8, 4) is 0 Å². The lowest BCUT2D eigenvalue weighted by atomic mass is 10.1. The molecule has 0 aliphatic rings. The molecule has 0 bridgehead atoms. The van der Waals surface area contributed by atoms with Crippen LogP contribution in [-0.4, -0.2) is 4.98 Å². The van der Waals surface area contributed by atoms with Crippen LogP contribution in [0.25, 0.3) is 32.8 Å². The fourth-order valence-corrected chi connectivity index (χ4v) is 3.53. The van der Waals surface area contributed by atoms with Gasteiger partial charge in [0.2, 0.25) is 0 Å². The van der Waals surface area contributed by atoms with Crippen LogP contribution in [0.15, 0.2) is 83.5 Å². The Morgan fingerprint density at radius 3 is 2.19 bits per heavy atom. The van der Waals surface area contributed by atoms with Crippen molar-refractivity contribution in [2.24, 2.45) is 0 Å². The zero-order chi connectivity index (χ0) is 18.5. The Morgan fingerprint density at radius 1 is 0.778 bits per heavy atom. The second-order valence-corrected chi connectivity index (χ2v) is 6.97. The molecule has 1 N–H and O–H groups in total. The SMILES string of the molecule is CCCCCc1ccc2ccoc2c1.c1ccc2c(c1)[nH]c1ccccc12. The molecule has 27 heavy (non-hydrogen) atoms. The summed E-state index contributed by atoms with van der Waals surface area (Å²) in [4.78, 5) is 3.38. The molecule has 5 rings (SSSR count). The van der Waals surface area contributed by atoms with Crippen molar-refractivity contribution >= 4 is 32.8 Å². The van der Waals surface area contributed by atoms with Crippen LogP contribution in [0.3, 0.4) is 0 Å². The third-order valence-electron chi connectivity index (χ3n) is 5.00. The van der Waals surface area contributed by atoms with Gasteiger partial charge in [-0.1, -0.05) is 68.3 Å². The highest BCUT2D eigenvalue weighted by Gasteiger charge is 2.00. The van der Waals surface area contributed by atoms with Gasteiger partial charge in [-0.25, -0.2) is 0 Å². The van der Waals surface area contributed by atoms with Crippen molar-refractivity contribution in [2.45, 2.75) is 32.6 Å². The van der Waals surface area contributed by atoms with Gasteiger partial charge in [-0.3, -0.25) is 0 Å². The first-order chi connectivity index (χ1) is 13.3. The number of aromatic amines is 1. The molecule has 2 nitrogen and oxygen atoms in total. The molecule has 0 saturated carbocycles. The molecule has 2 heterocycles. The fourth-order valence-electron chi connectivity index (χ4n) is 3.53. The number of para-hydroxylation sites is 2. The molecule has 0 fully saturated rings.